The molecule has 0 spiro atoms. The van der Waals surface area contributed by atoms with E-state index in [9.17, 15) is 18.0 Å². The van der Waals surface area contributed by atoms with Crippen LogP contribution in [0.4, 0.5) is 13.2 Å². The molecule has 0 saturated heterocycles. The number of hydrogen-bond donors (Lipinski definition) is 1. The molecular formula is C19H17F3N4O. The molecule has 0 aliphatic heterocycles. The van der Waals surface area contributed by atoms with Crippen LogP contribution >= 0.6 is 0 Å². The van der Waals surface area contributed by atoms with Crippen molar-refractivity contribution < 1.29 is 18.0 Å². The maximum atomic E-state index is 12.9. The predicted molar refractivity (Wildman–Crippen MR) is 94.0 cm³/mol. The number of hydrogen-bond acceptors (Lipinski definition) is 4. The van der Waals surface area contributed by atoms with E-state index in [0.717, 1.165) is 23.3 Å². The summed E-state index contributed by atoms with van der Waals surface area (Å²) in [6.45, 7) is 4.91. The van der Waals surface area contributed by atoms with Crippen LogP contribution in [-0.4, -0.2) is 20.9 Å². The summed E-state index contributed by atoms with van der Waals surface area (Å²) < 4.78 is 38.7. The van der Waals surface area contributed by atoms with Crippen molar-refractivity contribution in [1.82, 2.24) is 20.3 Å². The number of fused-ring (bicyclic) bond motifs is 1. The van der Waals surface area contributed by atoms with E-state index in [2.05, 4.69) is 20.3 Å². The van der Waals surface area contributed by atoms with Gasteiger partial charge in [-0.05, 0) is 39.0 Å². The number of amides is 1. The Labute approximate surface area is 153 Å². The molecule has 1 aromatic carbocycles. The lowest BCUT2D eigenvalue weighted by Crippen LogP contribution is -2.42. The Hall–Kier alpha value is -3.03. The summed E-state index contributed by atoms with van der Waals surface area (Å²) in [5, 5.41) is 3.50. The number of halogens is 3. The number of carbonyl (C=O) groups excluding carboxylic acids is 1. The fourth-order valence-electron chi connectivity index (χ4n) is 2.65. The molecule has 0 atom stereocenters. The van der Waals surface area contributed by atoms with Gasteiger partial charge >= 0.3 is 6.18 Å². The van der Waals surface area contributed by atoms with E-state index in [0.29, 0.717) is 11.1 Å². The topological polar surface area (TPSA) is 67.8 Å². The average molecular weight is 374 g/mol. The largest absolute Gasteiger partial charge is 0.433 e. The molecule has 1 amide bonds. The number of aryl methyl sites for hydroxylation is 1. The molecule has 1 N–H and O–H groups in total. The fourth-order valence-corrected chi connectivity index (χ4v) is 2.65. The Kier molecular flexibility index (Phi) is 4.59. The van der Waals surface area contributed by atoms with Crippen LogP contribution in [0.5, 0.6) is 0 Å². The van der Waals surface area contributed by atoms with Crippen molar-refractivity contribution in [2.24, 2.45) is 0 Å². The molecule has 3 rings (SSSR count). The zero-order valence-corrected chi connectivity index (χ0v) is 14.9. The van der Waals surface area contributed by atoms with Gasteiger partial charge in [-0.15, -0.1) is 0 Å². The standard InChI is InChI=1S/C19H17F3N4O/c1-11-7-8-12-5-4-6-13(15(12)24-11)16(27)26-18(2,3)17-23-10-9-14(25-17)19(20,21)22/h4-10H,1-3H3,(H,26,27). The highest BCUT2D eigenvalue weighted by Crippen LogP contribution is 2.28. The molecule has 5 nitrogen and oxygen atoms in total. The van der Waals surface area contributed by atoms with Crippen molar-refractivity contribution in [1.29, 1.82) is 0 Å². The Morgan fingerprint density at radius 2 is 1.78 bits per heavy atom. The number of aromatic nitrogens is 3. The second-order valence-electron chi connectivity index (χ2n) is 6.67. The Morgan fingerprint density at radius 3 is 2.48 bits per heavy atom. The second-order valence-corrected chi connectivity index (χ2v) is 6.67. The molecule has 2 heterocycles. The molecule has 3 aromatic rings. The number of carbonyl (C=O) groups is 1. The van der Waals surface area contributed by atoms with Crippen LogP contribution in [0.1, 0.15) is 41.4 Å². The molecule has 27 heavy (non-hydrogen) atoms. The van der Waals surface area contributed by atoms with Gasteiger partial charge in [0.05, 0.1) is 16.6 Å². The third-order valence-electron chi connectivity index (χ3n) is 4.04. The summed E-state index contributed by atoms with van der Waals surface area (Å²) in [4.78, 5) is 24.7. The van der Waals surface area contributed by atoms with Gasteiger partial charge in [-0.2, -0.15) is 13.2 Å². The first kappa shape index (κ1) is 18.8. The van der Waals surface area contributed by atoms with Gasteiger partial charge in [0.1, 0.15) is 5.69 Å². The summed E-state index contributed by atoms with van der Waals surface area (Å²) >= 11 is 0. The van der Waals surface area contributed by atoms with Crippen molar-refractivity contribution >= 4 is 16.8 Å². The molecule has 0 aliphatic rings. The maximum Gasteiger partial charge on any atom is 0.433 e. The molecule has 0 aliphatic carbocycles. The summed E-state index contributed by atoms with van der Waals surface area (Å²) in [7, 11) is 0. The third kappa shape index (κ3) is 3.89. The van der Waals surface area contributed by atoms with Crippen molar-refractivity contribution in [3.63, 3.8) is 0 Å². The Morgan fingerprint density at radius 1 is 1.04 bits per heavy atom. The number of pyridine rings is 1. The van der Waals surface area contributed by atoms with Crippen molar-refractivity contribution in [3.8, 4) is 0 Å². The first-order valence-electron chi connectivity index (χ1n) is 8.17. The molecule has 0 unspecified atom stereocenters. The zero-order chi connectivity index (χ0) is 19.8. The highest BCUT2D eigenvalue weighted by atomic mass is 19.4. The monoisotopic (exact) mass is 374 g/mol. The number of rotatable bonds is 3. The van der Waals surface area contributed by atoms with E-state index in [-0.39, 0.29) is 5.82 Å². The molecule has 140 valence electrons. The van der Waals surface area contributed by atoms with Gasteiger partial charge < -0.3 is 5.32 Å². The van der Waals surface area contributed by atoms with E-state index < -0.39 is 23.3 Å². The summed E-state index contributed by atoms with van der Waals surface area (Å²) in [5.74, 6) is -0.597. The molecule has 0 saturated carbocycles. The second kappa shape index (κ2) is 6.61. The highest BCUT2D eigenvalue weighted by Gasteiger charge is 2.35. The van der Waals surface area contributed by atoms with Gasteiger partial charge in [0.2, 0.25) is 0 Å². The fraction of sp³-hybridized carbons (Fsp3) is 0.263. The Balaban J connectivity index is 1.95. The van der Waals surface area contributed by atoms with Crippen molar-refractivity contribution in [3.05, 3.63) is 65.4 Å². The molecular weight excluding hydrogens is 357 g/mol. The molecule has 2 aromatic heterocycles. The molecule has 8 heteroatoms. The first-order valence-corrected chi connectivity index (χ1v) is 8.17. The number of nitrogens with zero attached hydrogens (tertiary/aromatic N) is 3. The van der Waals surface area contributed by atoms with Gasteiger partial charge in [0.15, 0.2) is 5.82 Å². The van der Waals surface area contributed by atoms with E-state index in [1.807, 2.05) is 25.1 Å². The molecule has 0 bridgehead atoms. The summed E-state index contributed by atoms with van der Waals surface area (Å²) in [6, 6.07) is 9.66. The average Bonchev–Trinajstić information content (AvgIpc) is 2.60. The number of para-hydroxylation sites is 1. The van der Waals surface area contributed by atoms with Gasteiger partial charge in [-0.3, -0.25) is 9.78 Å². The van der Waals surface area contributed by atoms with Crippen LogP contribution in [-0.2, 0) is 11.7 Å². The first-order chi connectivity index (χ1) is 12.6. The lowest BCUT2D eigenvalue weighted by molar-refractivity contribution is -0.141. The SMILES string of the molecule is Cc1ccc2cccc(C(=O)NC(C)(C)c3nccc(C(F)(F)F)n3)c2n1. The third-order valence-corrected chi connectivity index (χ3v) is 4.04. The van der Waals surface area contributed by atoms with Crippen LogP contribution in [0.15, 0.2) is 42.6 Å². The summed E-state index contributed by atoms with van der Waals surface area (Å²) in [5.41, 5.74) is -0.669. The minimum absolute atomic E-state index is 0.130. The predicted octanol–water partition coefficient (Wildman–Crippen LogP) is 4.02. The van der Waals surface area contributed by atoms with Crippen LogP contribution < -0.4 is 5.32 Å². The highest BCUT2D eigenvalue weighted by molar-refractivity contribution is 6.05. The normalized spacial score (nSPS) is 12.2. The number of nitrogens with one attached hydrogen (secondary N) is 1. The summed E-state index contributed by atoms with van der Waals surface area (Å²) in [6.07, 6.45) is -3.56. The smallest absolute Gasteiger partial charge is 0.340 e. The van der Waals surface area contributed by atoms with Crippen molar-refractivity contribution in [2.45, 2.75) is 32.5 Å². The van der Waals surface area contributed by atoms with Crippen LogP contribution in [0.25, 0.3) is 10.9 Å². The van der Waals surface area contributed by atoms with Crippen LogP contribution in [0.3, 0.4) is 0 Å². The van der Waals surface area contributed by atoms with Gasteiger partial charge in [-0.25, -0.2) is 9.97 Å². The number of alkyl halides is 3. The van der Waals surface area contributed by atoms with E-state index in [1.54, 1.807) is 26.0 Å². The minimum atomic E-state index is -4.59. The van der Waals surface area contributed by atoms with Crippen molar-refractivity contribution in [2.75, 3.05) is 0 Å². The van der Waals surface area contributed by atoms with Crippen LogP contribution in [0.2, 0.25) is 0 Å². The quantitative estimate of drug-likeness (QED) is 0.752. The number of benzene rings is 1. The van der Waals surface area contributed by atoms with Gasteiger partial charge in [0.25, 0.3) is 5.91 Å². The zero-order valence-electron chi connectivity index (χ0n) is 14.9. The maximum absolute atomic E-state index is 12.9. The van der Waals surface area contributed by atoms with E-state index in [1.165, 1.54) is 0 Å². The lowest BCUT2D eigenvalue weighted by Gasteiger charge is -2.25. The molecule has 0 fully saturated rings. The van der Waals surface area contributed by atoms with E-state index in [4.69, 9.17) is 0 Å². The molecule has 0 radical (unpaired) electrons. The van der Waals surface area contributed by atoms with Gasteiger partial charge in [-0.1, -0.05) is 18.2 Å². The van der Waals surface area contributed by atoms with Crippen LogP contribution in [0, 0.1) is 6.92 Å². The lowest BCUT2D eigenvalue weighted by atomic mass is 10.0. The van der Waals surface area contributed by atoms with Gasteiger partial charge in [0, 0.05) is 17.3 Å². The Bertz CT molecular complexity index is 1020. The van der Waals surface area contributed by atoms with E-state index >= 15 is 0 Å². The minimum Gasteiger partial charge on any atom is -0.340 e.